The van der Waals surface area contributed by atoms with Gasteiger partial charge in [0.1, 0.15) is 0 Å². The van der Waals surface area contributed by atoms with Crippen molar-refractivity contribution in [1.29, 1.82) is 0 Å². The van der Waals surface area contributed by atoms with Crippen molar-refractivity contribution in [2.24, 2.45) is 5.92 Å². The second-order valence-corrected chi connectivity index (χ2v) is 6.80. The summed E-state index contributed by atoms with van der Waals surface area (Å²) in [5.74, 6) is -0.122. The summed E-state index contributed by atoms with van der Waals surface area (Å²) in [6.07, 6.45) is 9.38. The van der Waals surface area contributed by atoms with Crippen molar-refractivity contribution >= 4 is 5.97 Å². The highest BCUT2D eigenvalue weighted by atomic mass is 16.5. The molecule has 3 unspecified atom stereocenters. The summed E-state index contributed by atoms with van der Waals surface area (Å²) in [5.41, 5.74) is 0.418. The number of rotatable bonds is 11. The molecule has 0 bridgehead atoms. The first-order chi connectivity index (χ1) is 11.0. The number of hydrogen-bond donors (Lipinski definition) is 1. The van der Waals surface area contributed by atoms with E-state index in [9.17, 15) is 9.90 Å². The van der Waals surface area contributed by atoms with Gasteiger partial charge in [0.05, 0.1) is 18.8 Å². The summed E-state index contributed by atoms with van der Waals surface area (Å²) in [5, 5.41) is 10.2. The Balaban J connectivity index is 2.10. The van der Waals surface area contributed by atoms with Gasteiger partial charge in [-0.15, -0.1) is 0 Å². The molecule has 1 N–H and O–H groups in total. The Morgan fingerprint density at radius 1 is 1.17 bits per heavy atom. The van der Waals surface area contributed by atoms with Crippen molar-refractivity contribution in [3.05, 3.63) is 12.2 Å². The molecule has 0 aromatic carbocycles. The van der Waals surface area contributed by atoms with E-state index in [-0.39, 0.29) is 18.0 Å². The van der Waals surface area contributed by atoms with E-state index in [2.05, 4.69) is 13.5 Å². The lowest BCUT2D eigenvalue weighted by Gasteiger charge is -2.32. The molecule has 4 heteroatoms. The third-order valence-electron chi connectivity index (χ3n) is 4.49. The highest BCUT2D eigenvalue weighted by Gasteiger charge is 2.30. The van der Waals surface area contributed by atoms with Crippen LogP contribution < -0.4 is 0 Å². The molecule has 23 heavy (non-hydrogen) atoms. The molecule has 0 aliphatic heterocycles. The lowest BCUT2D eigenvalue weighted by atomic mass is 9.86. The lowest BCUT2D eigenvalue weighted by Crippen LogP contribution is -2.37. The number of unbranched alkanes of at least 4 members (excludes halogenated alkanes) is 5. The van der Waals surface area contributed by atoms with Gasteiger partial charge in [-0.2, -0.15) is 0 Å². The van der Waals surface area contributed by atoms with E-state index in [0.717, 1.165) is 25.9 Å². The zero-order chi connectivity index (χ0) is 17.1. The van der Waals surface area contributed by atoms with Gasteiger partial charge >= 0.3 is 5.97 Å². The van der Waals surface area contributed by atoms with Crippen molar-refractivity contribution in [2.75, 3.05) is 13.2 Å². The van der Waals surface area contributed by atoms with Crippen LogP contribution in [0.3, 0.4) is 0 Å². The smallest absolute Gasteiger partial charge is 0.333 e. The minimum Gasteiger partial charge on any atom is -0.462 e. The Hall–Kier alpha value is -0.870. The molecule has 1 aliphatic rings. The van der Waals surface area contributed by atoms with E-state index >= 15 is 0 Å². The van der Waals surface area contributed by atoms with Crippen LogP contribution in [0.5, 0.6) is 0 Å². The molecule has 0 aromatic heterocycles. The SMILES string of the molecule is C=C(C)C(=O)OCC1CCC(OCCCCCCCC)C(O)C1. The van der Waals surface area contributed by atoms with Crippen LogP contribution in [0.25, 0.3) is 0 Å². The first kappa shape index (κ1) is 20.2. The van der Waals surface area contributed by atoms with Crippen LogP contribution in [0.4, 0.5) is 0 Å². The van der Waals surface area contributed by atoms with Gasteiger partial charge in [-0.25, -0.2) is 4.79 Å². The monoisotopic (exact) mass is 326 g/mol. The van der Waals surface area contributed by atoms with Crippen LogP contribution in [-0.4, -0.2) is 36.5 Å². The first-order valence-corrected chi connectivity index (χ1v) is 9.16. The van der Waals surface area contributed by atoms with E-state index in [1.165, 1.54) is 32.1 Å². The summed E-state index contributed by atoms with van der Waals surface area (Å²) in [4.78, 5) is 11.4. The van der Waals surface area contributed by atoms with Crippen molar-refractivity contribution in [1.82, 2.24) is 0 Å². The number of aliphatic hydroxyl groups is 1. The molecule has 0 aromatic rings. The molecule has 1 fully saturated rings. The third kappa shape index (κ3) is 8.52. The maximum atomic E-state index is 11.4. The summed E-state index contributed by atoms with van der Waals surface area (Å²) in [7, 11) is 0. The van der Waals surface area contributed by atoms with Crippen LogP contribution in [-0.2, 0) is 14.3 Å². The average Bonchev–Trinajstić information content (AvgIpc) is 2.53. The number of aliphatic hydroxyl groups excluding tert-OH is 1. The van der Waals surface area contributed by atoms with Crippen LogP contribution in [0.15, 0.2) is 12.2 Å². The van der Waals surface area contributed by atoms with Gasteiger partial charge < -0.3 is 14.6 Å². The highest BCUT2D eigenvalue weighted by molar-refractivity contribution is 5.86. The molecule has 0 amide bonds. The third-order valence-corrected chi connectivity index (χ3v) is 4.49. The molecule has 1 aliphatic carbocycles. The van der Waals surface area contributed by atoms with Gasteiger partial charge in [0, 0.05) is 12.2 Å². The molecule has 0 radical (unpaired) electrons. The number of carbonyl (C=O) groups excluding carboxylic acids is 1. The van der Waals surface area contributed by atoms with E-state index in [0.29, 0.717) is 18.6 Å². The minimum atomic E-state index is -0.447. The van der Waals surface area contributed by atoms with Gasteiger partial charge in [-0.05, 0) is 38.5 Å². The van der Waals surface area contributed by atoms with Crippen LogP contribution >= 0.6 is 0 Å². The molecular weight excluding hydrogens is 292 g/mol. The Labute approximate surface area is 141 Å². The van der Waals surface area contributed by atoms with Crippen LogP contribution in [0, 0.1) is 5.92 Å². The lowest BCUT2D eigenvalue weighted by molar-refractivity contribution is -0.142. The van der Waals surface area contributed by atoms with Gasteiger partial charge in [0.25, 0.3) is 0 Å². The van der Waals surface area contributed by atoms with E-state index < -0.39 is 6.10 Å². The summed E-state index contributed by atoms with van der Waals surface area (Å²) < 4.78 is 11.0. The van der Waals surface area contributed by atoms with Crippen molar-refractivity contribution < 1.29 is 19.4 Å². The second kappa shape index (κ2) is 11.6. The maximum absolute atomic E-state index is 11.4. The number of ether oxygens (including phenoxy) is 2. The Bertz CT molecular complexity index is 353. The van der Waals surface area contributed by atoms with Gasteiger partial charge in [0.15, 0.2) is 0 Å². The molecule has 3 atom stereocenters. The number of esters is 1. The summed E-state index contributed by atoms with van der Waals surface area (Å²) in [6, 6.07) is 0. The molecule has 0 saturated heterocycles. The molecule has 0 spiro atoms. The molecule has 1 saturated carbocycles. The molecule has 134 valence electrons. The highest BCUT2D eigenvalue weighted by Crippen LogP contribution is 2.27. The fourth-order valence-electron chi connectivity index (χ4n) is 2.98. The van der Waals surface area contributed by atoms with E-state index in [1.807, 2.05) is 0 Å². The summed E-state index contributed by atoms with van der Waals surface area (Å²) >= 11 is 0. The fourth-order valence-corrected chi connectivity index (χ4v) is 2.98. The van der Waals surface area contributed by atoms with Crippen molar-refractivity contribution in [3.8, 4) is 0 Å². The molecule has 1 rings (SSSR count). The average molecular weight is 326 g/mol. The zero-order valence-corrected chi connectivity index (χ0v) is 14.9. The fraction of sp³-hybridized carbons (Fsp3) is 0.842. The normalized spacial score (nSPS) is 24.4. The van der Waals surface area contributed by atoms with Gasteiger partial charge in [-0.1, -0.05) is 45.6 Å². The minimum absolute atomic E-state index is 0.0567. The predicted octanol–water partition coefficient (Wildman–Crippen LogP) is 4.01. The first-order valence-electron chi connectivity index (χ1n) is 9.16. The molecule has 4 nitrogen and oxygen atoms in total. The van der Waals surface area contributed by atoms with Crippen LogP contribution in [0.2, 0.25) is 0 Å². The second-order valence-electron chi connectivity index (χ2n) is 6.80. The Morgan fingerprint density at radius 2 is 1.87 bits per heavy atom. The Kier molecular flexibility index (Phi) is 10.2. The van der Waals surface area contributed by atoms with Gasteiger partial charge in [0.2, 0.25) is 0 Å². The van der Waals surface area contributed by atoms with Gasteiger partial charge in [-0.3, -0.25) is 0 Å². The standard InChI is InChI=1S/C19H34O4/c1-4-5-6-7-8-9-12-22-18-11-10-16(13-17(18)20)14-23-19(21)15(2)3/h16-18,20H,2,4-14H2,1,3H3. The number of hydrogen-bond acceptors (Lipinski definition) is 4. The largest absolute Gasteiger partial charge is 0.462 e. The predicted molar refractivity (Wildman–Crippen MR) is 92.2 cm³/mol. The van der Waals surface area contributed by atoms with E-state index in [4.69, 9.17) is 9.47 Å². The Morgan fingerprint density at radius 3 is 2.52 bits per heavy atom. The molecule has 0 heterocycles. The summed E-state index contributed by atoms with van der Waals surface area (Å²) in [6.45, 7) is 8.54. The van der Waals surface area contributed by atoms with Crippen molar-refractivity contribution in [3.63, 3.8) is 0 Å². The zero-order valence-electron chi connectivity index (χ0n) is 14.9. The maximum Gasteiger partial charge on any atom is 0.333 e. The molecular formula is C19H34O4. The number of carbonyl (C=O) groups is 1. The quantitative estimate of drug-likeness (QED) is 0.354. The van der Waals surface area contributed by atoms with E-state index in [1.54, 1.807) is 6.92 Å². The van der Waals surface area contributed by atoms with Crippen molar-refractivity contribution in [2.45, 2.75) is 83.8 Å². The topological polar surface area (TPSA) is 55.8 Å². The van der Waals surface area contributed by atoms with Crippen LogP contribution in [0.1, 0.15) is 71.6 Å².